The minimum atomic E-state index is 0.0920. The van der Waals surface area contributed by atoms with Crippen LogP contribution in [0.2, 0.25) is 0 Å². The average Bonchev–Trinajstić information content (AvgIpc) is 2.30. The molecule has 1 aromatic carbocycles. The molecule has 0 spiro atoms. The van der Waals surface area contributed by atoms with Gasteiger partial charge in [0.25, 0.3) is 0 Å². The van der Waals surface area contributed by atoms with Crippen molar-refractivity contribution in [1.82, 2.24) is 5.32 Å². The third-order valence-corrected chi connectivity index (χ3v) is 3.39. The Morgan fingerprint density at radius 2 is 2.00 bits per heavy atom. The highest BCUT2D eigenvalue weighted by molar-refractivity contribution is 9.09. The Morgan fingerprint density at radius 1 is 1.35 bits per heavy atom. The Bertz CT molecular complexity index is 348. The molecule has 1 rings (SSSR count). The quantitative estimate of drug-likeness (QED) is 0.803. The maximum Gasteiger partial charge on any atom is 0.224 e. The fraction of sp³-hybridized carbons (Fsp3) is 0.500. The molecular formula is C14H20BrNO. The number of carbonyl (C=O) groups excluding carboxylic acids is 1. The van der Waals surface area contributed by atoms with E-state index in [2.05, 4.69) is 28.2 Å². The van der Waals surface area contributed by atoms with Crippen molar-refractivity contribution in [3.05, 3.63) is 35.4 Å². The van der Waals surface area contributed by atoms with E-state index in [-0.39, 0.29) is 5.91 Å². The van der Waals surface area contributed by atoms with Gasteiger partial charge >= 0.3 is 0 Å². The molecule has 94 valence electrons. The second kappa shape index (κ2) is 7.49. The second-order valence-corrected chi connectivity index (χ2v) is 5.65. The van der Waals surface area contributed by atoms with Crippen molar-refractivity contribution >= 4 is 21.8 Å². The van der Waals surface area contributed by atoms with Crippen LogP contribution in [0.1, 0.15) is 30.9 Å². The van der Waals surface area contributed by atoms with Crippen LogP contribution in [0.25, 0.3) is 0 Å². The van der Waals surface area contributed by atoms with Crippen LogP contribution in [0.3, 0.4) is 0 Å². The van der Waals surface area contributed by atoms with E-state index >= 15 is 0 Å². The molecule has 0 aliphatic carbocycles. The van der Waals surface area contributed by atoms with E-state index < -0.39 is 0 Å². The van der Waals surface area contributed by atoms with Crippen molar-refractivity contribution in [1.29, 1.82) is 0 Å². The minimum Gasteiger partial charge on any atom is -0.355 e. The Kier molecular flexibility index (Phi) is 6.27. The number of nitrogens with one attached hydrogen (secondary N) is 1. The fourth-order valence-corrected chi connectivity index (χ4v) is 2.21. The van der Waals surface area contributed by atoms with E-state index in [0.29, 0.717) is 17.8 Å². The summed E-state index contributed by atoms with van der Waals surface area (Å²) >= 11 is 3.55. The molecule has 0 aromatic heterocycles. The lowest BCUT2D eigenvalue weighted by atomic mass is 10.1. The third-order valence-electron chi connectivity index (χ3n) is 2.61. The lowest BCUT2D eigenvalue weighted by Gasteiger charge is -2.10. The average molecular weight is 298 g/mol. The van der Waals surface area contributed by atoms with Gasteiger partial charge in [-0.3, -0.25) is 4.79 Å². The van der Waals surface area contributed by atoms with Crippen LogP contribution < -0.4 is 5.32 Å². The molecule has 0 aliphatic heterocycles. The maximum atomic E-state index is 11.7. The van der Waals surface area contributed by atoms with E-state index in [1.807, 2.05) is 31.2 Å². The molecule has 0 radical (unpaired) electrons. The third kappa shape index (κ3) is 5.87. The first kappa shape index (κ1) is 14.2. The van der Waals surface area contributed by atoms with Gasteiger partial charge in [0.1, 0.15) is 0 Å². The first-order valence-corrected chi connectivity index (χ1v) is 6.99. The summed E-state index contributed by atoms with van der Waals surface area (Å²) in [6.07, 6.45) is 2.68. The summed E-state index contributed by atoms with van der Waals surface area (Å²) in [5.74, 6) is 0.0920. The molecule has 3 heteroatoms. The lowest BCUT2D eigenvalue weighted by molar-refractivity contribution is -0.120. The number of carbonyl (C=O) groups is 1. The number of halogens is 1. The fourth-order valence-electron chi connectivity index (χ4n) is 1.59. The molecule has 2 nitrogen and oxygen atoms in total. The van der Waals surface area contributed by atoms with Gasteiger partial charge in [-0.15, -0.1) is 0 Å². The summed E-state index contributed by atoms with van der Waals surface area (Å²) in [4.78, 5) is 12.1. The molecule has 0 aliphatic rings. The summed E-state index contributed by atoms with van der Waals surface area (Å²) in [6, 6.07) is 8.08. The van der Waals surface area contributed by atoms with Crippen molar-refractivity contribution in [2.45, 2.75) is 37.9 Å². The van der Waals surface area contributed by atoms with Crippen LogP contribution in [-0.4, -0.2) is 17.3 Å². The molecule has 0 saturated carbocycles. The van der Waals surface area contributed by atoms with E-state index in [0.717, 1.165) is 18.4 Å². The Labute approximate surface area is 112 Å². The predicted molar refractivity (Wildman–Crippen MR) is 75.5 cm³/mol. The number of aryl methyl sites for hydroxylation is 1. The SMILES string of the molecule is CCCC(Br)CNC(=O)Cc1ccc(C)cc1. The van der Waals surface area contributed by atoms with Crippen molar-refractivity contribution in [2.75, 3.05) is 6.54 Å². The summed E-state index contributed by atoms with van der Waals surface area (Å²) in [7, 11) is 0. The highest BCUT2D eigenvalue weighted by atomic mass is 79.9. The largest absolute Gasteiger partial charge is 0.355 e. The van der Waals surface area contributed by atoms with Gasteiger partial charge in [-0.2, -0.15) is 0 Å². The van der Waals surface area contributed by atoms with E-state index in [9.17, 15) is 4.79 Å². The van der Waals surface area contributed by atoms with Crippen molar-refractivity contribution < 1.29 is 4.79 Å². The van der Waals surface area contributed by atoms with Gasteiger partial charge in [0.2, 0.25) is 5.91 Å². The maximum absolute atomic E-state index is 11.7. The van der Waals surface area contributed by atoms with Crippen molar-refractivity contribution in [3.63, 3.8) is 0 Å². The van der Waals surface area contributed by atoms with Gasteiger partial charge in [-0.05, 0) is 18.9 Å². The van der Waals surface area contributed by atoms with Crippen LogP contribution >= 0.6 is 15.9 Å². The normalized spacial score (nSPS) is 12.2. The molecule has 1 atom stereocenters. The van der Waals surface area contributed by atoms with Crippen LogP contribution in [0, 0.1) is 6.92 Å². The first-order chi connectivity index (χ1) is 8.11. The molecule has 0 bridgehead atoms. The van der Waals surface area contributed by atoms with Crippen LogP contribution in [0.4, 0.5) is 0 Å². The van der Waals surface area contributed by atoms with Gasteiger partial charge in [-0.25, -0.2) is 0 Å². The van der Waals surface area contributed by atoms with Gasteiger partial charge < -0.3 is 5.32 Å². The molecule has 17 heavy (non-hydrogen) atoms. The predicted octanol–water partition coefficient (Wildman–Crippen LogP) is 3.22. The molecule has 1 amide bonds. The van der Waals surface area contributed by atoms with E-state index in [1.165, 1.54) is 5.56 Å². The van der Waals surface area contributed by atoms with E-state index in [4.69, 9.17) is 0 Å². The lowest BCUT2D eigenvalue weighted by Crippen LogP contribution is -2.30. The van der Waals surface area contributed by atoms with Gasteiger partial charge in [-0.1, -0.05) is 59.1 Å². The highest BCUT2D eigenvalue weighted by Crippen LogP contribution is 2.07. The monoisotopic (exact) mass is 297 g/mol. The zero-order chi connectivity index (χ0) is 12.7. The molecule has 0 saturated heterocycles. The Balaban J connectivity index is 2.32. The second-order valence-electron chi connectivity index (χ2n) is 4.35. The molecular weight excluding hydrogens is 278 g/mol. The summed E-state index contributed by atoms with van der Waals surface area (Å²) in [5.41, 5.74) is 2.28. The summed E-state index contributed by atoms with van der Waals surface area (Å²) in [5, 5.41) is 2.94. The Morgan fingerprint density at radius 3 is 2.59 bits per heavy atom. The first-order valence-electron chi connectivity index (χ1n) is 6.08. The number of benzene rings is 1. The van der Waals surface area contributed by atoms with Crippen LogP contribution in [0.15, 0.2) is 24.3 Å². The van der Waals surface area contributed by atoms with Crippen molar-refractivity contribution in [3.8, 4) is 0 Å². The standard InChI is InChI=1S/C14H20BrNO/c1-3-4-13(15)10-16-14(17)9-12-7-5-11(2)6-8-12/h5-8,13H,3-4,9-10H2,1-2H3,(H,16,17). The zero-order valence-corrected chi connectivity index (χ0v) is 12.1. The summed E-state index contributed by atoms with van der Waals surface area (Å²) < 4.78 is 0. The van der Waals surface area contributed by atoms with Gasteiger partial charge in [0.05, 0.1) is 6.42 Å². The Hall–Kier alpha value is -0.830. The smallest absolute Gasteiger partial charge is 0.224 e. The van der Waals surface area contributed by atoms with Crippen LogP contribution in [-0.2, 0) is 11.2 Å². The topological polar surface area (TPSA) is 29.1 Å². The van der Waals surface area contributed by atoms with Gasteiger partial charge in [0.15, 0.2) is 0 Å². The zero-order valence-electron chi connectivity index (χ0n) is 10.5. The molecule has 1 N–H and O–H groups in total. The molecule has 1 unspecified atom stereocenters. The van der Waals surface area contributed by atoms with E-state index in [1.54, 1.807) is 0 Å². The molecule has 0 fully saturated rings. The number of amides is 1. The molecule has 1 aromatic rings. The minimum absolute atomic E-state index is 0.0920. The van der Waals surface area contributed by atoms with Crippen molar-refractivity contribution in [2.24, 2.45) is 0 Å². The molecule has 0 heterocycles. The highest BCUT2D eigenvalue weighted by Gasteiger charge is 2.06. The summed E-state index contributed by atoms with van der Waals surface area (Å²) in [6.45, 7) is 4.89. The number of hydrogen-bond acceptors (Lipinski definition) is 1. The number of alkyl halides is 1. The number of rotatable bonds is 6. The van der Waals surface area contributed by atoms with Crippen LogP contribution in [0.5, 0.6) is 0 Å². The van der Waals surface area contributed by atoms with Gasteiger partial charge in [0, 0.05) is 11.4 Å². The number of hydrogen-bond donors (Lipinski definition) is 1.